The van der Waals surface area contributed by atoms with E-state index in [2.05, 4.69) is 4.98 Å². The molecule has 0 radical (unpaired) electrons. The molecule has 2 heterocycles. The minimum Gasteiger partial charge on any atom is -0.444 e. The standard InChI is InChI=1S/C24H24N2O3/c1-17-16-20(19-12-6-7-13-21(19)25-17)24(28)29-22(18-10-4-2-5-11-18)23(27)26-14-8-3-9-15-26/h2,4-7,10-13,16,22H,3,8-9,14-15H2,1H3/t22-/m0/s1. The van der Waals surface area contributed by atoms with Crippen molar-refractivity contribution < 1.29 is 14.3 Å². The molecule has 148 valence electrons. The Kier molecular flexibility index (Phi) is 5.56. The summed E-state index contributed by atoms with van der Waals surface area (Å²) in [6.45, 7) is 3.25. The Labute approximate surface area is 170 Å². The molecule has 0 bridgehead atoms. The summed E-state index contributed by atoms with van der Waals surface area (Å²) in [6, 6.07) is 18.4. The van der Waals surface area contributed by atoms with Crippen LogP contribution in [0.3, 0.4) is 0 Å². The number of para-hydroxylation sites is 1. The Morgan fingerprint density at radius 2 is 1.66 bits per heavy atom. The number of pyridine rings is 1. The predicted octanol–water partition coefficient (Wildman–Crippen LogP) is 4.45. The van der Waals surface area contributed by atoms with Crippen molar-refractivity contribution in [2.45, 2.75) is 32.3 Å². The Morgan fingerprint density at radius 3 is 2.41 bits per heavy atom. The summed E-state index contributed by atoms with van der Waals surface area (Å²) in [7, 11) is 0. The smallest absolute Gasteiger partial charge is 0.340 e. The average Bonchev–Trinajstić information content (AvgIpc) is 2.77. The lowest BCUT2D eigenvalue weighted by Gasteiger charge is -2.30. The minimum atomic E-state index is -0.950. The number of nitrogens with zero attached hydrogens (tertiary/aromatic N) is 2. The van der Waals surface area contributed by atoms with Gasteiger partial charge in [0.2, 0.25) is 6.10 Å². The number of rotatable bonds is 4. The van der Waals surface area contributed by atoms with Gasteiger partial charge in [0.15, 0.2) is 0 Å². The van der Waals surface area contributed by atoms with Gasteiger partial charge in [-0.05, 0) is 38.3 Å². The molecule has 29 heavy (non-hydrogen) atoms. The van der Waals surface area contributed by atoms with Crippen LogP contribution in [-0.4, -0.2) is 34.8 Å². The molecule has 0 saturated carbocycles. The normalized spacial score (nSPS) is 15.1. The van der Waals surface area contributed by atoms with Crippen LogP contribution in [0.5, 0.6) is 0 Å². The van der Waals surface area contributed by atoms with E-state index in [1.807, 2.05) is 66.4 Å². The van der Waals surface area contributed by atoms with Gasteiger partial charge >= 0.3 is 5.97 Å². The monoisotopic (exact) mass is 388 g/mol. The van der Waals surface area contributed by atoms with Crippen molar-refractivity contribution in [3.05, 3.63) is 77.5 Å². The van der Waals surface area contributed by atoms with Crippen LogP contribution in [0.15, 0.2) is 60.7 Å². The van der Waals surface area contributed by atoms with Gasteiger partial charge in [0, 0.05) is 29.7 Å². The van der Waals surface area contributed by atoms with Gasteiger partial charge in [-0.3, -0.25) is 9.78 Å². The summed E-state index contributed by atoms with van der Waals surface area (Å²) >= 11 is 0. The SMILES string of the molecule is Cc1cc(C(=O)O[C@H](C(=O)N2CCCCC2)c2ccccc2)c2ccccc2n1. The highest BCUT2D eigenvalue weighted by molar-refractivity contribution is 6.04. The van der Waals surface area contributed by atoms with Crippen molar-refractivity contribution in [2.24, 2.45) is 0 Å². The second-order valence-corrected chi connectivity index (χ2v) is 7.41. The lowest BCUT2D eigenvalue weighted by Crippen LogP contribution is -2.40. The molecule has 1 aromatic heterocycles. The summed E-state index contributed by atoms with van der Waals surface area (Å²) < 4.78 is 5.84. The lowest BCUT2D eigenvalue weighted by molar-refractivity contribution is -0.142. The van der Waals surface area contributed by atoms with Gasteiger partial charge in [0.1, 0.15) is 0 Å². The van der Waals surface area contributed by atoms with Gasteiger partial charge in [0.05, 0.1) is 11.1 Å². The molecule has 1 saturated heterocycles. The second-order valence-electron chi connectivity index (χ2n) is 7.41. The summed E-state index contributed by atoms with van der Waals surface area (Å²) in [5, 5.41) is 0.723. The second kappa shape index (κ2) is 8.43. The molecule has 2 aromatic carbocycles. The maximum absolute atomic E-state index is 13.2. The van der Waals surface area contributed by atoms with Crippen molar-refractivity contribution in [2.75, 3.05) is 13.1 Å². The first-order valence-electron chi connectivity index (χ1n) is 10.0. The Balaban J connectivity index is 1.67. The molecule has 1 aliphatic heterocycles. The van der Waals surface area contributed by atoms with E-state index in [0.717, 1.165) is 35.9 Å². The minimum absolute atomic E-state index is 0.153. The lowest BCUT2D eigenvalue weighted by atomic mass is 10.0. The third-order valence-corrected chi connectivity index (χ3v) is 5.28. The number of esters is 1. The molecule has 0 unspecified atom stereocenters. The van der Waals surface area contributed by atoms with Crippen LogP contribution in [0.2, 0.25) is 0 Å². The van der Waals surface area contributed by atoms with Crippen LogP contribution in [0.25, 0.3) is 10.9 Å². The van der Waals surface area contributed by atoms with Crippen LogP contribution < -0.4 is 0 Å². The number of piperidine rings is 1. The number of benzene rings is 2. The number of ether oxygens (including phenoxy) is 1. The third kappa shape index (κ3) is 4.14. The van der Waals surface area contributed by atoms with Gasteiger partial charge in [-0.2, -0.15) is 0 Å². The average molecular weight is 388 g/mol. The van der Waals surface area contributed by atoms with Crippen molar-refractivity contribution in [3.63, 3.8) is 0 Å². The number of aryl methyl sites for hydroxylation is 1. The largest absolute Gasteiger partial charge is 0.444 e. The van der Waals surface area contributed by atoms with Crippen LogP contribution in [-0.2, 0) is 9.53 Å². The number of carbonyl (C=O) groups is 2. The molecule has 4 rings (SSSR count). The number of likely N-dealkylation sites (tertiary alicyclic amines) is 1. The first-order valence-corrected chi connectivity index (χ1v) is 10.0. The van der Waals surface area contributed by atoms with E-state index in [4.69, 9.17) is 4.74 Å². The summed E-state index contributed by atoms with van der Waals surface area (Å²) in [5.41, 5.74) is 2.58. The first kappa shape index (κ1) is 19.1. The molecule has 5 heteroatoms. The molecule has 0 spiro atoms. The van der Waals surface area contributed by atoms with Crippen molar-refractivity contribution in [3.8, 4) is 0 Å². The summed E-state index contributed by atoms with van der Waals surface area (Å²) in [6.07, 6.45) is 2.14. The van der Waals surface area contributed by atoms with Crippen LogP contribution >= 0.6 is 0 Å². The highest BCUT2D eigenvalue weighted by Crippen LogP contribution is 2.26. The first-order chi connectivity index (χ1) is 14.1. The van der Waals surface area contributed by atoms with Gasteiger partial charge in [0.25, 0.3) is 5.91 Å². The van der Waals surface area contributed by atoms with E-state index in [-0.39, 0.29) is 5.91 Å². The van der Waals surface area contributed by atoms with Crippen LogP contribution in [0.4, 0.5) is 0 Å². The number of fused-ring (bicyclic) bond motifs is 1. The van der Waals surface area contributed by atoms with E-state index in [1.165, 1.54) is 0 Å². The zero-order chi connectivity index (χ0) is 20.2. The Bertz CT molecular complexity index is 1030. The predicted molar refractivity (Wildman–Crippen MR) is 112 cm³/mol. The van der Waals surface area contributed by atoms with E-state index in [1.54, 1.807) is 6.07 Å². The van der Waals surface area contributed by atoms with Crippen molar-refractivity contribution in [1.29, 1.82) is 0 Å². The Morgan fingerprint density at radius 1 is 0.966 bits per heavy atom. The molecule has 1 atom stereocenters. The number of carbonyl (C=O) groups excluding carboxylic acids is 2. The quantitative estimate of drug-likeness (QED) is 0.620. The molecule has 1 fully saturated rings. The highest BCUT2D eigenvalue weighted by atomic mass is 16.5. The fraction of sp³-hybridized carbons (Fsp3) is 0.292. The zero-order valence-corrected chi connectivity index (χ0v) is 16.5. The number of amides is 1. The molecule has 3 aromatic rings. The van der Waals surface area contributed by atoms with E-state index >= 15 is 0 Å². The highest BCUT2D eigenvalue weighted by Gasteiger charge is 2.31. The van der Waals surface area contributed by atoms with Gasteiger partial charge in [-0.1, -0.05) is 48.5 Å². The molecule has 1 aliphatic rings. The third-order valence-electron chi connectivity index (χ3n) is 5.28. The molecular formula is C24H24N2O3. The Hall–Kier alpha value is -3.21. The van der Waals surface area contributed by atoms with Gasteiger partial charge in [-0.15, -0.1) is 0 Å². The van der Waals surface area contributed by atoms with Crippen LogP contribution in [0, 0.1) is 6.92 Å². The fourth-order valence-electron chi connectivity index (χ4n) is 3.82. The summed E-state index contributed by atoms with van der Waals surface area (Å²) in [5.74, 6) is -0.662. The summed E-state index contributed by atoms with van der Waals surface area (Å²) in [4.78, 5) is 32.7. The van der Waals surface area contributed by atoms with E-state index in [9.17, 15) is 9.59 Å². The van der Waals surface area contributed by atoms with Crippen molar-refractivity contribution in [1.82, 2.24) is 9.88 Å². The van der Waals surface area contributed by atoms with E-state index in [0.29, 0.717) is 24.2 Å². The van der Waals surface area contributed by atoms with Crippen LogP contribution in [0.1, 0.15) is 47.0 Å². The molecule has 0 N–H and O–H groups in total. The molecule has 5 nitrogen and oxygen atoms in total. The molecular weight excluding hydrogens is 364 g/mol. The number of aromatic nitrogens is 1. The van der Waals surface area contributed by atoms with Crippen molar-refractivity contribution >= 4 is 22.8 Å². The maximum atomic E-state index is 13.2. The maximum Gasteiger partial charge on any atom is 0.340 e. The van der Waals surface area contributed by atoms with Gasteiger partial charge in [-0.25, -0.2) is 4.79 Å². The number of hydrogen-bond donors (Lipinski definition) is 0. The topological polar surface area (TPSA) is 59.5 Å². The van der Waals surface area contributed by atoms with Gasteiger partial charge < -0.3 is 9.64 Å². The number of hydrogen-bond acceptors (Lipinski definition) is 4. The molecule has 0 aliphatic carbocycles. The zero-order valence-electron chi connectivity index (χ0n) is 16.5. The van der Waals surface area contributed by atoms with E-state index < -0.39 is 12.1 Å². The molecule has 1 amide bonds. The fourth-order valence-corrected chi connectivity index (χ4v) is 3.82.